The number of rotatable bonds is 8. The molecule has 0 saturated heterocycles. The summed E-state index contributed by atoms with van der Waals surface area (Å²) in [6, 6.07) is 0.518. The van der Waals surface area contributed by atoms with Gasteiger partial charge in [-0.1, -0.05) is 34.1 Å². The largest absolute Gasteiger partial charge is 0.374 e. The van der Waals surface area contributed by atoms with Crippen molar-refractivity contribution in [1.29, 1.82) is 0 Å². The van der Waals surface area contributed by atoms with Crippen LogP contribution in [0.2, 0.25) is 0 Å². The molecule has 1 aliphatic carbocycles. The maximum atomic E-state index is 6.34. The standard InChI is InChI=1S/C17H35NO/c1-6-9-15(5)16(18-7-2)17(19-8-3)12-10-14(4)11-13-17/h14-16,18H,6-13H2,1-5H3. The van der Waals surface area contributed by atoms with Crippen LogP contribution < -0.4 is 5.32 Å². The fourth-order valence-electron chi connectivity index (χ4n) is 3.83. The molecule has 0 spiro atoms. The van der Waals surface area contributed by atoms with Crippen LogP contribution in [0.1, 0.15) is 73.1 Å². The molecule has 0 aromatic heterocycles. The maximum absolute atomic E-state index is 6.34. The molecular weight excluding hydrogens is 234 g/mol. The lowest BCUT2D eigenvalue weighted by Crippen LogP contribution is -2.57. The minimum Gasteiger partial charge on any atom is -0.374 e. The summed E-state index contributed by atoms with van der Waals surface area (Å²) >= 11 is 0. The Hall–Kier alpha value is -0.0800. The molecule has 2 heteroatoms. The minimum atomic E-state index is 0.0891. The van der Waals surface area contributed by atoms with Gasteiger partial charge in [0.2, 0.25) is 0 Å². The van der Waals surface area contributed by atoms with Gasteiger partial charge >= 0.3 is 0 Å². The lowest BCUT2D eigenvalue weighted by molar-refractivity contribution is -0.107. The van der Waals surface area contributed by atoms with Gasteiger partial charge in [-0.05, 0) is 57.4 Å². The zero-order valence-corrected chi connectivity index (χ0v) is 13.8. The zero-order valence-electron chi connectivity index (χ0n) is 13.8. The smallest absolute Gasteiger partial charge is 0.0837 e. The molecule has 2 unspecified atom stereocenters. The second-order valence-electron chi connectivity index (χ2n) is 6.48. The highest BCUT2D eigenvalue weighted by Crippen LogP contribution is 2.40. The Bertz CT molecular complexity index is 233. The van der Waals surface area contributed by atoms with Gasteiger partial charge in [-0.3, -0.25) is 0 Å². The van der Waals surface area contributed by atoms with E-state index in [1.165, 1.54) is 38.5 Å². The number of ether oxygens (including phenoxy) is 1. The van der Waals surface area contributed by atoms with Crippen LogP contribution in [-0.2, 0) is 4.74 Å². The van der Waals surface area contributed by atoms with Crippen LogP contribution in [0.15, 0.2) is 0 Å². The normalized spacial score (nSPS) is 31.1. The Labute approximate surface area is 120 Å². The lowest BCUT2D eigenvalue weighted by Gasteiger charge is -2.47. The number of likely N-dealkylation sites (N-methyl/N-ethyl adjacent to an activating group) is 1. The predicted molar refractivity (Wildman–Crippen MR) is 83.5 cm³/mol. The second-order valence-corrected chi connectivity index (χ2v) is 6.48. The molecule has 0 aromatic carbocycles. The van der Waals surface area contributed by atoms with Gasteiger partial charge < -0.3 is 10.1 Å². The number of hydrogen-bond acceptors (Lipinski definition) is 2. The molecule has 1 fully saturated rings. The molecule has 0 heterocycles. The van der Waals surface area contributed by atoms with Crippen molar-refractivity contribution >= 4 is 0 Å². The number of nitrogens with one attached hydrogen (secondary N) is 1. The van der Waals surface area contributed by atoms with E-state index in [0.29, 0.717) is 12.0 Å². The molecular formula is C17H35NO. The van der Waals surface area contributed by atoms with Crippen molar-refractivity contribution in [3.63, 3.8) is 0 Å². The van der Waals surface area contributed by atoms with Crippen molar-refractivity contribution in [3.05, 3.63) is 0 Å². The molecule has 2 atom stereocenters. The van der Waals surface area contributed by atoms with Crippen LogP contribution in [0, 0.1) is 11.8 Å². The first-order valence-corrected chi connectivity index (χ1v) is 8.46. The van der Waals surface area contributed by atoms with Crippen LogP contribution in [0.3, 0.4) is 0 Å². The van der Waals surface area contributed by atoms with Gasteiger partial charge in [0.25, 0.3) is 0 Å². The Morgan fingerprint density at radius 2 is 1.84 bits per heavy atom. The van der Waals surface area contributed by atoms with Crippen LogP contribution in [-0.4, -0.2) is 24.8 Å². The van der Waals surface area contributed by atoms with E-state index in [0.717, 1.165) is 19.1 Å². The Morgan fingerprint density at radius 3 is 2.32 bits per heavy atom. The topological polar surface area (TPSA) is 21.3 Å². The maximum Gasteiger partial charge on any atom is 0.0837 e. The molecule has 0 aromatic rings. The van der Waals surface area contributed by atoms with E-state index < -0.39 is 0 Å². The van der Waals surface area contributed by atoms with Gasteiger partial charge in [0.15, 0.2) is 0 Å². The van der Waals surface area contributed by atoms with E-state index in [4.69, 9.17) is 4.74 Å². The minimum absolute atomic E-state index is 0.0891. The summed E-state index contributed by atoms with van der Waals surface area (Å²) in [6.45, 7) is 13.3. The molecule has 0 radical (unpaired) electrons. The summed E-state index contributed by atoms with van der Waals surface area (Å²) in [4.78, 5) is 0. The van der Waals surface area contributed by atoms with Gasteiger partial charge in [-0.15, -0.1) is 0 Å². The van der Waals surface area contributed by atoms with E-state index >= 15 is 0 Å². The third-order valence-electron chi connectivity index (χ3n) is 4.86. The highest BCUT2D eigenvalue weighted by atomic mass is 16.5. The summed E-state index contributed by atoms with van der Waals surface area (Å²) in [5, 5.41) is 3.75. The lowest BCUT2D eigenvalue weighted by atomic mass is 9.71. The van der Waals surface area contributed by atoms with Crippen LogP contribution >= 0.6 is 0 Å². The average Bonchev–Trinajstić information content (AvgIpc) is 2.39. The molecule has 0 aliphatic heterocycles. The quantitative estimate of drug-likeness (QED) is 0.706. The van der Waals surface area contributed by atoms with Crippen molar-refractivity contribution in [2.45, 2.75) is 84.8 Å². The van der Waals surface area contributed by atoms with E-state index in [9.17, 15) is 0 Å². The van der Waals surface area contributed by atoms with Crippen molar-refractivity contribution < 1.29 is 4.74 Å². The first-order chi connectivity index (χ1) is 9.09. The molecule has 1 aliphatic rings. The first-order valence-electron chi connectivity index (χ1n) is 8.46. The van der Waals surface area contributed by atoms with Crippen molar-refractivity contribution in [3.8, 4) is 0 Å². The molecule has 0 amide bonds. The van der Waals surface area contributed by atoms with Gasteiger partial charge in [0.05, 0.1) is 5.60 Å². The van der Waals surface area contributed by atoms with E-state index in [2.05, 4.69) is 39.9 Å². The second kappa shape index (κ2) is 8.26. The van der Waals surface area contributed by atoms with Gasteiger partial charge in [-0.25, -0.2) is 0 Å². The molecule has 1 rings (SSSR count). The van der Waals surface area contributed by atoms with Crippen molar-refractivity contribution in [2.75, 3.05) is 13.2 Å². The summed E-state index contributed by atoms with van der Waals surface area (Å²) in [7, 11) is 0. The van der Waals surface area contributed by atoms with Gasteiger partial charge in [0.1, 0.15) is 0 Å². The molecule has 1 N–H and O–H groups in total. The van der Waals surface area contributed by atoms with Gasteiger partial charge in [0, 0.05) is 12.6 Å². The highest BCUT2D eigenvalue weighted by Gasteiger charge is 2.43. The Kier molecular flexibility index (Phi) is 7.38. The summed E-state index contributed by atoms with van der Waals surface area (Å²) in [5.74, 6) is 1.57. The summed E-state index contributed by atoms with van der Waals surface area (Å²) in [6.07, 6.45) is 7.66. The van der Waals surface area contributed by atoms with Crippen LogP contribution in [0.25, 0.3) is 0 Å². The average molecular weight is 269 g/mol. The van der Waals surface area contributed by atoms with Gasteiger partial charge in [-0.2, -0.15) is 0 Å². The highest BCUT2D eigenvalue weighted by molar-refractivity contribution is 4.98. The zero-order chi connectivity index (χ0) is 14.3. The summed E-state index contributed by atoms with van der Waals surface area (Å²) in [5.41, 5.74) is 0.0891. The van der Waals surface area contributed by atoms with Crippen LogP contribution in [0.5, 0.6) is 0 Å². The number of hydrogen-bond donors (Lipinski definition) is 1. The third kappa shape index (κ3) is 4.46. The van der Waals surface area contributed by atoms with Crippen molar-refractivity contribution in [2.24, 2.45) is 11.8 Å². The van der Waals surface area contributed by atoms with E-state index in [1.54, 1.807) is 0 Å². The molecule has 19 heavy (non-hydrogen) atoms. The fraction of sp³-hybridized carbons (Fsp3) is 1.00. The Morgan fingerprint density at radius 1 is 1.21 bits per heavy atom. The molecule has 2 nitrogen and oxygen atoms in total. The molecule has 0 bridgehead atoms. The fourth-order valence-corrected chi connectivity index (χ4v) is 3.83. The monoisotopic (exact) mass is 269 g/mol. The van der Waals surface area contributed by atoms with Crippen LogP contribution in [0.4, 0.5) is 0 Å². The first kappa shape index (κ1) is 17.0. The Balaban J connectivity index is 2.84. The molecule has 1 saturated carbocycles. The predicted octanol–water partition coefficient (Wildman–Crippen LogP) is 4.39. The van der Waals surface area contributed by atoms with Crippen molar-refractivity contribution in [1.82, 2.24) is 5.32 Å². The van der Waals surface area contributed by atoms with E-state index in [1.807, 2.05) is 0 Å². The van der Waals surface area contributed by atoms with E-state index in [-0.39, 0.29) is 5.60 Å². The third-order valence-corrected chi connectivity index (χ3v) is 4.86. The summed E-state index contributed by atoms with van der Waals surface area (Å²) < 4.78 is 6.34. The SMILES string of the molecule is CCCC(C)C(NCC)C1(OCC)CCC(C)CC1. The molecule has 114 valence electrons.